The van der Waals surface area contributed by atoms with Gasteiger partial charge in [0.05, 0.1) is 16.3 Å². The third-order valence-corrected chi connectivity index (χ3v) is 3.33. The number of oxime groups is 1. The molecule has 2 unspecified atom stereocenters. The van der Waals surface area contributed by atoms with Gasteiger partial charge in [-0.25, -0.2) is 4.90 Å². The molecule has 20 heavy (non-hydrogen) atoms. The average Bonchev–Trinajstić information content (AvgIpc) is 2.91. The van der Waals surface area contributed by atoms with E-state index in [4.69, 9.17) is 4.84 Å². The molecule has 0 spiro atoms. The Morgan fingerprint density at radius 1 is 1.25 bits per heavy atom. The molecule has 0 N–H and O–H groups in total. The summed E-state index contributed by atoms with van der Waals surface area (Å²) < 4.78 is 0. The molecule has 2 aliphatic rings. The molecule has 0 aliphatic carbocycles. The summed E-state index contributed by atoms with van der Waals surface area (Å²) in [5.41, 5.74) is 0.635. The summed E-state index contributed by atoms with van der Waals surface area (Å²) >= 11 is 0. The number of nitro benzene ring substituents is 1. The molecule has 2 amide bonds. The van der Waals surface area contributed by atoms with Crippen molar-refractivity contribution >= 4 is 28.9 Å². The number of fused-ring (bicyclic) bond motifs is 1. The van der Waals surface area contributed by atoms with Gasteiger partial charge in [-0.05, 0) is 19.1 Å². The zero-order valence-electron chi connectivity index (χ0n) is 10.3. The summed E-state index contributed by atoms with van der Waals surface area (Å²) in [7, 11) is 0. The number of carbonyl (C=O) groups excluding carboxylic acids is 2. The van der Waals surface area contributed by atoms with Crippen LogP contribution in [0, 0.1) is 16.0 Å². The van der Waals surface area contributed by atoms with Crippen LogP contribution < -0.4 is 4.90 Å². The lowest BCUT2D eigenvalue weighted by Gasteiger charge is -2.14. The van der Waals surface area contributed by atoms with E-state index in [1.807, 2.05) is 0 Å². The van der Waals surface area contributed by atoms with Gasteiger partial charge in [0.15, 0.2) is 0 Å². The first-order valence-corrected chi connectivity index (χ1v) is 5.83. The van der Waals surface area contributed by atoms with Crippen LogP contribution in [0.3, 0.4) is 0 Å². The second-order valence-electron chi connectivity index (χ2n) is 4.52. The van der Waals surface area contributed by atoms with Crippen LogP contribution in [0.1, 0.15) is 6.92 Å². The molecular weight excluding hydrogens is 266 g/mol. The molecule has 2 heterocycles. The number of anilines is 1. The van der Waals surface area contributed by atoms with Crippen LogP contribution in [0.2, 0.25) is 0 Å². The summed E-state index contributed by atoms with van der Waals surface area (Å²) in [4.78, 5) is 40.3. The standard InChI is InChI=1S/C12H9N3O5/c1-6-9-10(20-13-6)12(17)14(11(9)16)7-2-4-8(5-3-7)15(18)19/h2-5,9-10H,1H3. The molecule has 8 heteroatoms. The molecule has 102 valence electrons. The minimum absolute atomic E-state index is 0.109. The van der Waals surface area contributed by atoms with Gasteiger partial charge in [0.25, 0.3) is 11.6 Å². The molecule has 8 nitrogen and oxygen atoms in total. The fourth-order valence-corrected chi connectivity index (χ4v) is 2.33. The van der Waals surface area contributed by atoms with Gasteiger partial charge >= 0.3 is 0 Å². The highest BCUT2D eigenvalue weighted by atomic mass is 16.7. The molecule has 1 aromatic carbocycles. The highest BCUT2D eigenvalue weighted by Crippen LogP contribution is 2.33. The maximum Gasteiger partial charge on any atom is 0.278 e. The first-order chi connectivity index (χ1) is 9.50. The molecule has 0 radical (unpaired) electrons. The zero-order chi connectivity index (χ0) is 14.4. The van der Waals surface area contributed by atoms with Gasteiger partial charge in [-0.2, -0.15) is 0 Å². The van der Waals surface area contributed by atoms with Crippen molar-refractivity contribution in [2.24, 2.45) is 11.1 Å². The van der Waals surface area contributed by atoms with Gasteiger partial charge in [-0.1, -0.05) is 5.16 Å². The Kier molecular flexibility index (Phi) is 2.53. The van der Waals surface area contributed by atoms with Crippen molar-refractivity contribution < 1.29 is 19.3 Å². The highest BCUT2D eigenvalue weighted by molar-refractivity contribution is 6.29. The molecule has 3 rings (SSSR count). The number of nitro groups is 1. The van der Waals surface area contributed by atoms with Crippen molar-refractivity contribution in [1.82, 2.24) is 0 Å². The number of hydrogen-bond donors (Lipinski definition) is 0. The van der Waals surface area contributed by atoms with E-state index in [9.17, 15) is 19.7 Å². The maximum atomic E-state index is 12.2. The van der Waals surface area contributed by atoms with Gasteiger partial charge in [0.1, 0.15) is 5.92 Å². The van der Waals surface area contributed by atoms with Crippen LogP contribution in [-0.2, 0) is 14.4 Å². The van der Waals surface area contributed by atoms with Crippen LogP contribution in [0.5, 0.6) is 0 Å². The summed E-state index contributed by atoms with van der Waals surface area (Å²) in [6, 6.07) is 5.21. The molecule has 2 atom stereocenters. The first kappa shape index (κ1) is 12.3. The molecule has 1 aromatic rings. The van der Waals surface area contributed by atoms with Crippen LogP contribution in [0.4, 0.5) is 11.4 Å². The number of rotatable bonds is 2. The van der Waals surface area contributed by atoms with Gasteiger partial charge in [-0.15, -0.1) is 0 Å². The third-order valence-electron chi connectivity index (χ3n) is 3.33. The number of imide groups is 1. The van der Waals surface area contributed by atoms with Gasteiger partial charge in [0, 0.05) is 12.1 Å². The van der Waals surface area contributed by atoms with Gasteiger partial charge in [-0.3, -0.25) is 19.7 Å². The van der Waals surface area contributed by atoms with Crippen LogP contribution >= 0.6 is 0 Å². The van der Waals surface area contributed by atoms with Crippen molar-refractivity contribution in [3.8, 4) is 0 Å². The van der Waals surface area contributed by atoms with E-state index in [1.165, 1.54) is 24.3 Å². The van der Waals surface area contributed by atoms with E-state index in [0.29, 0.717) is 5.71 Å². The minimum Gasteiger partial charge on any atom is -0.381 e. The Morgan fingerprint density at radius 3 is 2.45 bits per heavy atom. The van der Waals surface area contributed by atoms with Crippen molar-refractivity contribution in [2.45, 2.75) is 13.0 Å². The van der Waals surface area contributed by atoms with E-state index in [0.717, 1.165) is 4.90 Å². The number of non-ortho nitro benzene ring substituents is 1. The molecule has 0 saturated carbocycles. The Bertz CT molecular complexity index is 652. The summed E-state index contributed by atoms with van der Waals surface area (Å²) in [5.74, 6) is -1.63. The second-order valence-corrected chi connectivity index (χ2v) is 4.52. The number of carbonyl (C=O) groups is 2. The number of benzene rings is 1. The fourth-order valence-electron chi connectivity index (χ4n) is 2.33. The highest BCUT2D eigenvalue weighted by Gasteiger charge is 2.54. The maximum absolute atomic E-state index is 12.2. The summed E-state index contributed by atoms with van der Waals surface area (Å²) in [6.45, 7) is 1.62. The van der Waals surface area contributed by atoms with Crippen LogP contribution in [0.15, 0.2) is 29.4 Å². The monoisotopic (exact) mass is 275 g/mol. The lowest BCUT2D eigenvalue weighted by atomic mass is 10.0. The Morgan fingerprint density at radius 2 is 1.90 bits per heavy atom. The summed E-state index contributed by atoms with van der Waals surface area (Å²) in [5, 5.41) is 14.2. The fraction of sp³-hybridized carbons (Fsp3) is 0.250. The number of nitrogens with zero attached hydrogens (tertiary/aromatic N) is 3. The molecule has 1 fully saturated rings. The van der Waals surface area contributed by atoms with E-state index in [-0.39, 0.29) is 11.4 Å². The Hall–Kier alpha value is -2.77. The zero-order valence-corrected chi connectivity index (χ0v) is 10.3. The van der Waals surface area contributed by atoms with Gasteiger partial charge in [0.2, 0.25) is 12.0 Å². The third kappa shape index (κ3) is 1.58. The average molecular weight is 275 g/mol. The molecule has 0 aromatic heterocycles. The number of hydrogen-bond acceptors (Lipinski definition) is 6. The lowest BCUT2D eigenvalue weighted by molar-refractivity contribution is -0.384. The Labute approximate surface area is 112 Å². The van der Waals surface area contributed by atoms with Crippen LogP contribution in [-0.4, -0.2) is 28.6 Å². The number of amides is 2. The summed E-state index contributed by atoms with van der Waals surface area (Å²) in [6.07, 6.45) is -0.919. The van der Waals surface area contributed by atoms with Crippen molar-refractivity contribution in [2.75, 3.05) is 4.90 Å². The van der Waals surface area contributed by atoms with Gasteiger partial charge < -0.3 is 4.84 Å². The first-order valence-electron chi connectivity index (χ1n) is 5.83. The smallest absolute Gasteiger partial charge is 0.278 e. The Balaban J connectivity index is 1.95. The molecule has 1 saturated heterocycles. The molecule has 0 bridgehead atoms. The second kappa shape index (κ2) is 4.12. The quantitative estimate of drug-likeness (QED) is 0.452. The lowest BCUT2D eigenvalue weighted by Crippen LogP contribution is -2.32. The van der Waals surface area contributed by atoms with Crippen molar-refractivity contribution in [3.05, 3.63) is 34.4 Å². The predicted octanol–water partition coefficient (Wildman–Crippen LogP) is 0.859. The largest absolute Gasteiger partial charge is 0.381 e. The van der Waals surface area contributed by atoms with E-state index >= 15 is 0 Å². The van der Waals surface area contributed by atoms with E-state index < -0.39 is 28.8 Å². The minimum atomic E-state index is -0.919. The van der Waals surface area contributed by atoms with E-state index in [2.05, 4.69) is 5.16 Å². The SMILES string of the molecule is CC1=NOC2C(=O)N(c3ccc([N+](=O)[O-])cc3)C(=O)C12. The van der Waals surface area contributed by atoms with Crippen LogP contribution in [0.25, 0.3) is 0 Å². The van der Waals surface area contributed by atoms with Crippen molar-refractivity contribution in [1.29, 1.82) is 0 Å². The predicted molar refractivity (Wildman–Crippen MR) is 67.1 cm³/mol. The molecular formula is C12H9N3O5. The molecule has 2 aliphatic heterocycles. The van der Waals surface area contributed by atoms with Crippen molar-refractivity contribution in [3.63, 3.8) is 0 Å². The topological polar surface area (TPSA) is 102 Å². The normalized spacial score (nSPS) is 24.4. The van der Waals surface area contributed by atoms with E-state index in [1.54, 1.807) is 6.92 Å².